The molecule has 0 saturated heterocycles. The largest absolute Gasteiger partial charge is 0.494 e. The second-order valence-corrected chi connectivity index (χ2v) is 4.65. The Balaban J connectivity index is 2.75. The van der Waals surface area contributed by atoms with Crippen molar-refractivity contribution in [1.82, 2.24) is 4.90 Å². The van der Waals surface area contributed by atoms with Crippen molar-refractivity contribution in [3.05, 3.63) is 29.8 Å². The highest BCUT2D eigenvalue weighted by molar-refractivity contribution is 5.69. The van der Waals surface area contributed by atoms with Crippen LogP contribution in [0.25, 0.3) is 0 Å². The van der Waals surface area contributed by atoms with Crippen LogP contribution in [0.4, 0.5) is 13.2 Å². The Bertz CT molecular complexity index is 463. The Morgan fingerprint density at radius 1 is 1.38 bits per heavy atom. The number of carbonyl (C=O) groups is 1. The summed E-state index contributed by atoms with van der Waals surface area (Å²) in [6.07, 6.45) is -3.62. The number of carboxylic acid groups (broad SMARTS) is 1. The van der Waals surface area contributed by atoms with Crippen LogP contribution in [0.15, 0.2) is 24.3 Å². The van der Waals surface area contributed by atoms with Gasteiger partial charge < -0.3 is 9.84 Å². The summed E-state index contributed by atoms with van der Waals surface area (Å²) in [5, 5.41) is 8.70. The SMILES string of the molecule is CCCOc1cccc(CN(CC(=O)O)CC(F)(F)F)c1. The fourth-order valence-corrected chi connectivity index (χ4v) is 1.82. The first-order valence-corrected chi connectivity index (χ1v) is 6.53. The lowest BCUT2D eigenvalue weighted by Crippen LogP contribution is -2.37. The van der Waals surface area contributed by atoms with E-state index in [1.165, 1.54) is 0 Å². The summed E-state index contributed by atoms with van der Waals surface area (Å²) in [6, 6.07) is 6.65. The smallest absolute Gasteiger partial charge is 0.401 e. The summed E-state index contributed by atoms with van der Waals surface area (Å²) in [5.74, 6) is -0.728. The minimum atomic E-state index is -4.44. The van der Waals surface area contributed by atoms with Crippen molar-refractivity contribution in [1.29, 1.82) is 0 Å². The number of aliphatic carboxylic acids is 1. The number of nitrogens with zero attached hydrogens (tertiary/aromatic N) is 1. The summed E-state index contributed by atoms with van der Waals surface area (Å²) >= 11 is 0. The molecule has 0 aliphatic heterocycles. The van der Waals surface area contributed by atoms with Crippen LogP contribution in [0.1, 0.15) is 18.9 Å². The predicted octanol–water partition coefficient (Wildman–Crippen LogP) is 2.92. The van der Waals surface area contributed by atoms with Gasteiger partial charge in [0.05, 0.1) is 19.7 Å². The Hall–Kier alpha value is -1.76. The average Bonchev–Trinajstić information content (AvgIpc) is 2.34. The van der Waals surface area contributed by atoms with Gasteiger partial charge in [-0.15, -0.1) is 0 Å². The summed E-state index contributed by atoms with van der Waals surface area (Å²) in [5.41, 5.74) is 0.578. The van der Waals surface area contributed by atoms with E-state index < -0.39 is 25.2 Å². The summed E-state index contributed by atoms with van der Waals surface area (Å²) in [4.78, 5) is 11.5. The average molecular weight is 305 g/mol. The van der Waals surface area contributed by atoms with E-state index >= 15 is 0 Å². The maximum absolute atomic E-state index is 12.4. The summed E-state index contributed by atoms with van der Waals surface area (Å²) in [7, 11) is 0. The molecule has 21 heavy (non-hydrogen) atoms. The molecule has 1 aromatic carbocycles. The van der Waals surface area contributed by atoms with E-state index in [4.69, 9.17) is 9.84 Å². The molecule has 1 N–H and O–H groups in total. The van der Waals surface area contributed by atoms with Gasteiger partial charge in [-0.05, 0) is 24.1 Å². The van der Waals surface area contributed by atoms with Gasteiger partial charge in [-0.25, -0.2) is 0 Å². The number of benzene rings is 1. The van der Waals surface area contributed by atoms with E-state index in [1.54, 1.807) is 24.3 Å². The number of ether oxygens (including phenoxy) is 1. The lowest BCUT2D eigenvalue weighted by Gasteiger charge is -2.22. The topological polar surface area (TPSA) is 49.8 Å². The van der Waals surface area contributed by atoms with Crippen molar-refractivity contribution < 1.29 is 27.8 Å². The van der Waals surface area contributed by atoms with Gasteiger partial charge in [0, 0.05) is 6.54 Å². The molecule has 0 amide bonds. The second-order valence-electron chi connectivity index (χ2n) is 4.65. The van der Waals surface area contributed by atoms with Gasteiger partial charge in [0.25, 0.3) is 0 Å². The third-order valence-electron chi connectivity index (χ3n) is 2.54. The number of hydrogen-bond donors (Lipinski definition) is 1. The molecule has 1 aromatic rings. The third kappa shape index (κ3) is 7.55. The van der Waals surface area contributed by atoms with Gasteiger partial charge in [0.1, 0.15) is 5.75 Å². The lowest BCUT2D eigenvalue weighted by atomic mass is 10.2. The molecular weight excluding hydrogens is 287 g/mol. The number of hydrogen-bond acceptors (Lipinski definition) is 3. The normalized spacial score (nSPS) is 11.7. The lowest BCUT2D eigenvalue weighted by molar-refractivity contribution is -0.154. The molecule has 0 saturated carbocycles. The van der Waals surface area contributed by atoms with Crippen molar-refractivity contribution in [3.63, 3.8) is 0 Å². The van der Waals surface area contributed by atoms with Gasteiger partial charge in [0.2, 0.25) is 0 Å². The van der Waals surface area contributed by atoms with Crippen LogP contribution in [0, 0.1) is 0 Å². The minimum Gasteiger partial charge on any atom is -0.494 e. The van der Waals surface area contributed by atoms with Gasteiger partial charge in [0.15, 0.2) is 0 Å². The maximum Gasteiger partial charge on any atom is 0.401 e. The Morgan fingerprint density at radius 3 is 2.67 bits per heavy atom. The minimum absolute atomic E-state index is 0.102. The van der Waals surface area contributed by atoms with Crippen molar-refractivity contribution in [3.8, 4) is 5.75 Å². The molecule has 7 heteroatoms. The monoisotopic (exact) mass is 305 g/mol. The van der Waals surface area contributed by atoms with Crippen LogP contribution in [0.5, 0.6) is 5.75 Å². The van der Waals surface area contributed by atoms with Gasteiger partial charge >= 0.3 is 12.1 Å². The Labute approximate surface area is 121 Å². The van der Waals surface area contributed by atoms with E-state index in [2.05, 4.69) is 0 Å². The van der Waals surface area contributed by atoms with Crippen LogP contribution in [0.3, 0.4) is 0 Å². The molecule has 0 spiro atoms. The summed E-state index contributed by atoms with van der Waals surface area (Å²) < 4.78 is 42.7. The van der Waals surface area contributed by atoms with Gasteiger partial charge in [-0.3, -0.25) is 9.69 Å². The van der Waals surface area contributed by atoms with Gasteiger partial charge in [-0.2, -0.15) is 13.2 Å². The van der Waals surface area contributed by atoms with Crippen LogP contribution in [-0.2, 0) is 11.3 Å². The quantitative estimate of drug-likeness (QED) is 0.802. The highest BCUT2D eigenvalue weighted by Crippen LogP contribution is 2.20. The Kier molecular flexibility index (Phi) is 6.48. The number of alkyl halides is 3. The fraction of sp³-hybridized carbons (Fsp3) is 0.500. The third-order valence-corrected chi connectivity index (χ3v) is 2.54. The van der Waals surface area contributed by atoms with Gasteiger partial charge in [-0.1, -0.05) is 19.1 Å². The molecule has 0 aromatic heterocycles. The Morgan fingerprint density at radius 2 is 2.10 bits per heavy atom. The highest BCUT2D eigenvalue weighted by Gasteiger charge is 2.31. The van der Waals surface area contributed by atoms with E-state index in [0.717, 1.165) is 11.3 Å². The second kappa shape index (κ2) is 7.87. The standard InChI is InChI=1S/C14H18F3NO3/c1-2-6-21-12-5-3-4-11(7-12)8-18(9-13(19)20)10-14(15,16)17/h3-5,7H,2,6,8-10H2,1H3,(H,19,20). The number of carboxylic acids is 1. The van der Waals surface area contributed by atoms with E-state index in [-0.39, 0.29) is 6.54 Å². The van der Waals surface area contributed by atoms with Crippen molar-refractivity contribution in [2.75, 3.05) is 19.7 Å². The molecule has 0 aliphatic carbocycles. The molecule has 0 bridgehead atoms. The van der Waals surface area contributed by atoms with Crippen LogP contribution in [0.2, 0.25) is 0 Å². The maximum atomic E-state index is 12.4. The molecular formula is C14H18F3NO3. The molecule has 0 aliphatic rings. The molecule has 0 radical (unpaired) electrons. The van der Waals surface area contributed by atoms with E-state index in [1.807, 2.05) is 6.92 Å². The first kappa shape index (κ1) is 17.3. The first-order valence-electron chi connectivity index (χ1n) is 6.53. The van der Waals surface area contributed by atoms with E-state index in [9.17, 15) is 18.0 Å². The van der Waals surface area contributed by atoms with Crippen LogP contribution >= 0.6 is 0 Å². The molecule has 1 rings (SSSR count). The first-order chi connectivity index (χ1) is 9.80. The number of rotatable bonds is 8. The molecule has 0 fully saturated rings. The highest BCUT2D eigenvalue weighted by atomic mass is 19.4. The van der Waals surface area contributed by atoms with E-state index in [0.29, 0.717) is 17.9 Å². The zero-order chi connectivity index (χ0) is 15.9. The van der Waals surface area contributed by atoms with Crippen molar-refractivity contribution in [2.24, 2.45) is 0 Å². The zero-order valence-electron chi connectivity index (χ0n) is 11.7. The van der Waals surface area contributed by atoms with Crippen molar-refractivity contribution in [2.45, 2.75) is 26.1 Å². The predicted molar refractivity (Wildman–Crippen MR) is 71.2 cm³/mol. The molecule has 0 unspecified atom stereocenters. The zero-order valence-corrected chi connectivity index (χ0v) is 11.7. The number of halogens is 3. The summed E-state index contributed by atoms with van der Waals surface area (Å²) in [6.45, 7) is 0.431. The fourth-order valence-electron chi connectivity index (χ4n) is 1.82. The van der Waals surface area contributed by atoms with Crippen LogP contribution in [-0.4, -0.2) is 41.8 Å². The molecule has 4 nitrogen and oxygen atoms in total. The van der Waals surface area contributed by atoms with Crippen LogP contribution < -0.4 is 4.74 Å². The van der Waals surface area contributed by atoms with Crippen molar-refractivity contribution >= 4 is 5.97 Å². The molecule has 0 heterocycles. The molecule has 118 valence electrons. The molecule has 0 atom stereocenters.